The van der Waals surface area contributed by atoms with Gasteiger partial charge >= 0.3 is 0 Å². The lowest BCUT2D eigenvalue weighted by Gasteiger charge is -2.24. The van der Waals surface area contributed by atoms with Crippen molar-refractivity contribution in [1.29, 1.82) is 0 Å². The quantitative estimate of drug-likeness (QED) is 0.697. The van der Waals surface area contributed by atoms with Gasteiger partial charge in [-0.05, 0) is 69.1 Å². The number of rotatable bonds is 8. The Morgan fingerprint density at radius 2 is 2.03 bits per heavy atom. The van der Waals surface area contributed by atoms with E-state index in [1.54, 1.807) is 23.4 Å². The molecule has 5 rings (SSSR count). The molecule has 0 bridgehead atoms. The molecule has 7 nitrogen and oxygen atoms in total. The summed E-state index contributed by atoms with van der Waals surface area (Å²) in [4.78, 5) is 36.1. The molecule has 1 aliphatic heterocycles. The number of aromatic nitrogens is 2. The Balaban J connectivity index is 1.30. The van der Waals surface area contributed by atoms with Crippen LogP contribution in [0.2, 0.25) is 0 Å². The SMILES string of the molecule is Cc1cc(C(C)N2Cc3c(ccnc3NC(=O)CC3CC3)C2=O)ncc1OCC1CC1. The molecule has 1 N–H and O–H groups in total. The van der Waals surface area contributed by atoms with Crippen molar-refractivity contribution in [3.63, 3.8) is 0 Å². The summed E-state index contributed by atoms with van der Waals surface area (Å²) in [6, 6.07) is 3.53. The molecule has 0 spiro atoms. The summed E-state index contributed by atoms with van der Waals surface area (Å²) in [7, 11) is 0. The van der Waals surface area contributed by atoms with Crippen LogP contribution in [0.1, 0.15) is 72.2 Å². The van der Waals surface area contributed by atoms with E-state index in [9.17, 15) is 9.59 Å². The highest BCUT2D eigenvalue weighted by Crippen LogP contribution is 2.36. The van der Waals surface area contributed by atoms with Crippen LogP contribution in [0, 0.1) is 18.8 Å². The molecular weight excluding hydrogens is 392 g/mol. The number of amides is 2. The summed E-state index contributed by atoms with van der Waals surface area (Å²) in [6.07, 6.45) is 8.61. The Labute approximate surface area is 182 Å². The third-order valence-corrected chi connectivity index (χ3v) is 6.46. The highest BCUT2D eigenvalue weighted by atomic mass is 16.5. The van der Waals surface area contributed by atoms with E-state index in [4.69, 9.17) is 4.74 Å². The summed E-state index contributed by atoms with van der Waals surface area (Å²) in [6.45, 7) is 5.15. The first-order valence-electron chi connectivity index (χ1n) is 11.2. The number of ether oxygens (including phenoxy) is 1. The van der Waals surface area contributed by atoms with E-state index in [-0.39, 0.29) is 17.9 Å². The van der Waals surface area contributed by atoms with Crippen LogP contribution in [-0.4, -0.2) is 33.3 Å². The summed E-state index contributed by atoms with van der Waals surface area (Å²) in [5.41, 5.74) is 3.23. The Morgan fingerprint density at radius 1 is 1.26 bits per heavy atom. The third kappa shape index (κ3) is 4.27. The van der Waals surface area contributed by atoms with E-state index in [0.717, 1.165) is 42.0 Å². The van der Waals surface area contributed by atoms with E-state index in [1.807, 2.05) is 19.9 Å². The van der Waals surface area contributed by atoms with Crippen LogP contribution in [0.25, 0.3) is 0 Å². The first kappa shape index (κ1) is 20.0. The zero-order valence-corrected chi connectivity index (χ0v) is 18.1. The number of fused-ring (bicyclic) bond motifs is 1. The molecule has 3 aliphatic rings. The van der Waals surface area contributed by atoms with Crippen LogP contribution in [0.3, 0.4) is 0 Å². The molecule has 0 aromatic carbocycles. The Hall–Kier alpha value is -2.96. The summed E-state index contributed by atoms with van der Waals surface area (Å²) >= 11 is 0. The lowest BCUT2D eigenvalue weighted by atomic mass is 10.1. The Morgan fingerprint density at radius 3 is 2.74 bits per heavy atom. The van der Waals surface area contributed by atoms with Gasteiger partial charge in [0.15, 0.2) is 0 Å². The molecule has 31 heavy (non-hydrogen) atoms. The number of anilines is 1. The minimum atomic E-state index is -0.203. The van der Waals surface area contributed by atoms with Crippen molar-refractivity contribution >= 4 is 17.6 Å². The van der Waals surface area contributed by atoms with Gasteiger partial charge in [0.2, 0.25) is 5.91 Å². The highest BCUT2D eigenvalue weighted by Gasteiger charge is 2.35. The zero-order chi connectivity index (χ0) is 21.5. The first-order valence-corrected chi connectivity index (χ1v) is 11.2. The van der Waals surface area contributed by atoms with Gasteiger partial charge in [0.1, 0.15) is 11.6 Å². The molecule has 0 saturated heterocycles. The third-order valence-electron chi connectivity index (χ3n) is 6.46. The Kier molecular flexibility index (Phi) is 5.12. The van der Waals surface area contributed by atoms with Gasteiger partial charge in [-0.15, -0.1) is 0 Å². The van der Waals surface area contributed by atoms with Crippen molar-refractivity contribution in [3.05, 3.63) is 46.9 Å². The van der Waals surface area contributed by atoms with Gasteiger partial charge in [-0.25, -0.2) is 4.98 Å². The molecule has 1 atom stereocenters. The van der Waals surface area contributed by atoms with Crippen LogP contribution in [-0.2, 0) is 11.3 Å². The fourth-order valence-corrected chi connectivity index (χ4v) is 4.03. The van der Waals surface area contributed by atoms with Crippen LogP contribution in [0.15, 0.2) is 24.5 Å². The van der Waals surface area contributed by atoms with E-state index in [1.165, 1.54) is 12.8 Å². The fourth-order valence-electron chi connectivity index (χ4n) is 4.03. The van der Waals surface area contributed by atoms with Gasteiger partial charge in [-0.2, -0.15) is 0 Å². The maximum Gasteiger partial charge on any atom is 0.255 e. The Bertz CT molecular complexity index is 1030. The smallest absolute Gasteiger partial charge is 0.255 e. The van der Waals surface area contributed by atoms with Crippen molar-refractivity contribution in [2.75, 3.05) is 11.9 Å². The minimum Gasteiger partial charge on any atom is -0.491 e. The number of hydrogen-bond donors (Lipinski definition) is 1. The first-order chi connectivity index (χ1) is 15.0. The molecule has 2 aliphatic carbocycles. The largest absolute Gasteiger partial charge is 0.491 e. The maximum absolute atomic E-state index is 13.1. The average molecular weight is 421 g/mol. The zero-order valence-electron chi connectivity index (χ0n) is 18.1. The molecule has 1 unspecified atom stereocenters. The summed E-state index contributed by atoms with van der Waals surface area (Å²) in [5, 5.41) is 2.92. The molecule has 162 valence electrons. The number of nitrogens with one attached hydrogen (secondary N) is 1. The number of aryl methyl sites for hydroxylation is 1. The van der Waals surface area contributed by atoms with E-state index >= 15 is 0 Å². The second-order valence-corrected chi connectivity index (χ2v) is 9.12. The van der Waals surface area contributed by atoms with Gasteiger partial charge in [0.05, 0.1) is 31.1 Å². The van der Waals surface area contributed by atoms with Crippen LogP contribution in [0.4, 0.5) is 5.82 Å². The molecule has 2 fully saturated rings. The predicted octanol–water partition coefficient (Wildman–Crippen LogP) is 4.03. The number of carbonyl (C=O) groups is 2. The molecule has 2 amide bonds. The van der Waals surface area contributed by atoms with E-state index in [2.05, 4.69) is 15.3 Å². The van der Waals surface area contributed by atoms with Gasteiger partial charge in [-0.3, -0.25) is 14.6 Å². The molecular formula is C24H28N4O3. The normalized spacial score (nSPS) is 18.6. The van der Waals surface area contributed by atoms with Crippen molar-refractivity contribution in [2.24, 2.45) is 11.8 Å². The van der Waals surface area contributed by atoms with Gasteiger partial charge in [0, 0.05) is 23.7 Å². The number of carbonyl (C=O) groups excluding carboxylic acids is 2. The molecule has 2 aromatic rings. The van der Waals surface area contributed by atoms with Crippen LogP contribution in [0.5, 0.6) is 5.75 Å². The molecule has 7 heteroatoms. The fraction of sp³-hybridized carbons (Fsp3) is 0.500. The maximum atomic E-state index is 13.1. The molecule has 2 aromatic heterocycles. The van der Waals surface area contributed by atoms with Crippen molar-refractivity contribution in [2.45, 2.75) is 58.5 Å². The van der Waals surface area contributed by atoms with Gasteiger partial charge in [0.25, 0.3) is 5.91 Å². The predicted molar refractivity (Wildman–Crippen MR) is 116 cm³/mol. The monoisotopic (exact) mass is 420 g/mol. The molecule has 2 saturated carbocycles. The summed E-state index contributed by atoms with van der Waals surface area (Å²) < 4.78 is 5.89. The summed E-state index contributed by atoms with van der Waals surface area (Å²) in [5.74, 6) is 2.41. The van der Waals surface area contributed by atoms with Crippen molar-refractivity contribution in [1.82, 2.24) is 14.9 Å². The highest BCUT2D eigenvalue weighted by molar-refractivity contribution is 6.01. The lowest BCUT2D eigenvalue weighted by molar-refractivity contribution is -0.116. The average Bonchev–Trinajstić information content (AvgIpc) is 3.68. The van der Waals surface area contributed by atoms with Crippen molar-refractivity contribution < 1.29 is 14.3 Å². The standard InChI is InChI=1S/C24H28N4O3/c1-14-9-20(26-11-21(14)31-13-17-5-6-17)15(2)28-12-19-18(24(28)30)7-8-25-23(19)27-22(29)10-16-3-4-16/h7-9,11,15-17H,3-6,10,12-13H2,1-2H3,(H,25,27,29). The molecule has 0 radical (unpaired) electrons. The van der Waals surface area contributed by atoms with E-state index < -0.39 is 0 Å². The molecule has 3 heterocycles. The van der Waals surface area contributed by atoms with E-state index in [0.29, 0.717) is 36.2 Å². The van der Waals surface area contributed by atoms with Crippen LogP contribution < -0.4 is 10.1 Å². The number of hydrogen-bond acceptors (Lipinski definition) is 5. The van der Waals surface area contributed by atoms with Crippen molar-refractivity contribution in [3.8, 4) is 5.75 Å². The van der Waals surface area contributed by atoms with Crippen LogP contribution >= 0.6 is 0 Å². The second kappa shape index (κ2) is 7.94. The van der Waals surface area contributed by atoms with Gasteiger partial charge in [-0.1, -0.05) is 0 Å². The van der Waals surface area contributed by atoms with Gasteiger partial charge < -0.3 is 15.0 Å². The number of pyridine rings is 2. The number of nitrogens with zero attached hydrogens (tertiary/aromatic N) is 3. The second-order valence-electron chi connectivity index (χ2n) is 9.12. The minimum absolute atomic E-state index is 0.0265. The lowest BCUT2D eigenvalue weighted by Crippen LogP contribution is -2.28. The topological polar surface area (TPSA) is 84.4 Å².